The predicted molar refractivity (Wildman–Crippen MR) is 89.7 cm³/mol. The van der Waals surface area contributed by atoms with Crippen molar-refractivity contribution in [1.29, 1.82) is 0 Å². The van der Waals surface area contributed by atoms with Gasteiger partial charge in [-0.15, -0.1) is 0 Å². The number of esters is 1. The Bertz CT molecular complexity index is 723. The van der Waals surface area contributed by atoms with Crippen molar-refractivity contribution in [2.45, 2.75) is 38.7 Å². The number of hydrogen-bond donors (Lipinski definition) is 0. The molecule has 1 saturated heterocycles. The quantitative estimate of drug-likeness (QED) is 0.333. The Balaban J connectivity index is 1.50. The molecule has 0 aromatic heterocycles. The van der Waals surface area contributed by atoms with Crippen LogP contribution in [-0.4, -0.2) is 34.2 Å². The zero-order valence-electron chi connectivity index (χ0n) is 14.3. The molecule has 138 valence electrons. The molecule has 0 spiro atoms. The Morgan fingerprint density at radius 3 is 2.46 bits per heavy atom. The maximum atomic E-state index is 12.3. The third-order valence-corrected chi connectivity index (χ3v) is 4.99. The van der Waals surface area contributed by atoms with E-state index < -0.39 is 10.9 Å². The number of carbonyl (C=O) groups is 3. The van der Waals surface area contributed by atoms with E-state index in [2.05, 4.69) is 0 Å². The van der Waals surface area contributed by atoms with Gasteiger partial charge in [-0.1, -0.05) is 25.0 Å². The lowest BCUT2D eigenvalue weighted by Gasteiger charge is -2.19. The number of rotatable bonds is 6. The van der Waals surface area contributed by atoms with E-state index >= 15 is 0 Å². The van der Waals surface area contributed by atoms with Crippen LogP contribution in [0.5, 0.6) is 0 Å². The topological polar surface area (TPSA) is 107 Å². The van der Waals surface area contributed by atoms with Gasteiger partial charge in [0, 0.05) is 18.7 Å². The molecule has 3 rings (SSSR count). The van der Waals surface area contributed by atoms with Crippen LogP contribution >= 0.6 is 0 Å². The number of benzene rings is 1. The number of ether oxygens (including phenoxy) is 1. The summed E-state index contributed by atoms with van der Waals surface area (Å²) in [4.78, 5) is 48.0. The van der Waals surface area contributed by atoms with E-state index in [9.17, 15) is 24.5 Å². The highest BCUT2D eigenvalue weighted by molar-refractivity contribution is 6.05. The van der Waals surface area contributed by atoms with Crippen molar-refractivity contribution < 1.29 is 24.0 Å². The van der Waals surface area contributed by atoms with Gasteiger partial charge in [0.2, 0.25) is 11.8 Å². The van der Waals surface area contributed by atoms with Crippen LogP contribution < -0.4 is 0 Å². The first-order valence-electron chi connectivity index (χ1n) is 8.71. The van der Waals surface area contributed by atoms with Gasteiger partial charge in [0.25, 0.3) is 5.69 Å². The summed E-state index contributed by atoms with van der Waals surface area (Å²) in [6.45, 7) is -0.0634. The van der Waals surface area contributed by atoms with E-state index in [4.69, 9.17) is 4.74 Å². The third kappa shape index (κ3) is 3.74. The first kappa shape index (κ1) is 18.0. The van der Waals surface area contributed by atoms with Crippen LogP contribution in [0.25, 0.3) is 0 Å². The zero-order chi connectivity index (χ0) is 18.7. The molecular weight excluding hydrogens is 340 g/mol. The predicted octanol–water partition coefficient (Wildman–Crippen LogP) is 2.20. The molecule has 1 heterocycles. The molecule has 2 aliphatic rings. The summed E-state index contributed by atoms with van der Waals surface area (Å²) in [6.07, 6.45) is 3.32. The number of non-ortho nitro benzene ring substituents is 1. The van der Waals surface area contributed by atoms with Crippen LogP contribution in [0, 0.1) is 22.0 Å². The molecule has 8 nitrogen and oxygen atoms in total. The Kier molecular flexibility index (Phi) is 5.29. The van der Waals surface area contributed by atoms with Gasteiger partial charge in [0.05, 0.1) is 23.2 Å². The van der Waals surface area contributed by atoms with Crippen molar-refractivity contribution >= 4 is 23.5 Å². The van der Waals surface area contributed by atoms with Gasteiger partial charge in [-0.05, 0) is 18.4 Å². The second kappa shape index (κ2) is 7.63. The standard InChI is InChI=1S/C18H20N2O6/c21-16(26-11-12-4-3-5-13(10-12)20(24)25)8-9-19-17(22)14-6-1-2-7-15(14)18(19)23/h3-5,10,14-15H,1-2,6-9,11H2/t14-,15+. The number of amides is 2. The Morgan fingerprint density at radius 1 is 1.19 bits per heavy atom. The van der Waals surface area contributed by atoms with Gasteiger partial charge >= 0.3 is 5.97 Å². The first-order valence-corrected chi connectivity index (χ1v) is 8.71. The fourth-order valence-electron chi connectivity index (χ4n) is 3.65. The van der Waals surface area contributed by atoms with Gasteiger partial charge in [0.1, 0.15) is 6.61 Å². The minimum absolute atomic E-state index is 0.0262. The lowest BCUT2D eigenvalue weighted by atomic mass is 9.81. The lowest BCUT2D eigenvalue weighted by molar-refractivity contribution is -0.384. The summed E-state index contributed by atoms with van der Waals surface area (Å²) >= 11 is 0. The molecule has 0 unspecified atom stereocenters. The van der Waals surface area contributed by atoms with E-state index in [1.165, 1.54) is 23.1 Å². The number of fused-ring (bicyclic) bond motifs is 1. The molecule has 26 heavy (non-hydrogen) atoms. The second-order valence-electron chi connectivity index (χ2n) is 6.66. The average Bonchev–Trinajstić information content (AvgIpc) is 2.89. The van der Waals surface area contributed by atoms with Crippen molar-refractivity contribution in [1.82, 2.24) is 4.90 Å². The zero-order valence-corrected chi connectivity index (χ0v) is 14.3. The third-order valence-electron chi connectivity index (χ3n) is 4.99. The number of nitrogens with zero attached hydrogens (tertiary/aromatic N) is 2. The summed E-state index contributed by atoms with van der Waals surface area (Å²) in [5.41, 5.74) is 0.432. The van der Waals surface area contributed by atoms with E-state index in [1.807, 2.05) is 0 Å². The summed E-state index contributed by atoms with van der Waals surface area (Å²) in [7, 11) is 0. The van der Waals surface area contributed by atoms with Crippen molar-refractivity contribution in [3.05, 3.63) is 39.9 Å². The first-order chi connectivity index (χ1) is 12.5. The molecule has 1 saturated carbocycles. The van der Waals surface area contributed by atoms with Crippen LogP contribution in [0.3, 0.4) is 0 Å². The summed E-state index contributed by atoms with van der Waals surface area (Å²) < 4.78 is 5.10. The number of imide groups is 1. The van der Waals surface area contributed by atoms with Gasteiger partial charge in [-0.3, -0.25) is 29.4 Å². The molecule has 8 heteroatoms. The van der Waals surface area contributed by atoms with Crippen molar-refractivity contribution in [3.63, 3.8) is 0 Å². The summed E-state index contributed by atoms with van der Waals surface area (Å²) in [6, 6.07) is 5.84. The van der Waals surface area contributed by atoms with E-state index in [0.717, 1.165) is 25.7 Å². The fourth-order valence-corrected chi connectivity index (χ4v) is 3.65. The molecule has 1 aliphatic heterocycles. The van der Waals surface area contributed by atoms with E-state index in [0.29, 0.717) is 5.56 Å². The molecule has 1 aromatic rings. The number of hydrogen-bond acceptors (Lipinski definition) is 6. The van der Waals surface area contributed by atoms with Crippen LogP contribution in [0.15, 0.2) is 24.3 Å². The normalized spacial score (nSPS) is 22.2. The average molecular weight is 360 g/mol. The molecule has 1 aromatic carbocycles. The van der Waals surface area contributed by atoms with Crippen LogP contribution in [0.1, 0.15) is 37.7 Å². The monoisotopic (exact) mass is 360 g/mol. The maximum Gasteiger partial charge on any atom is 0.307 e. The fraction of sp³-hybridized carbons (Fsp3) is 0.500. The minimum atomic E-state index is -0.549. The van der Waals surface area contributed by atoms with Crippen molar-refractivity contribution in [2.24, 2.45) is 11.8 Å². The smallest absolute Gasteiger partial charge is 0.307 e. The van der Waals surface area contributed by atoms with Gasteiger partial charge in [-0.2, -0.15) is 0 Å². The van der Waals surface area contributed by atoms with Gasteiger partial charge in [0.15, 0.2) is 0 Å². The van der Waals surface area contributed by atoms with Gasteiger partial charge < -0.3 is 4.74 Å². The molecule has 2 atom stereocenters. The number of nitro groups is 1. The van der Waals surface area contributed by atoms with E-state index in [-0.39, 0.29) is 48.9 Å². The molecule has 2 amide bonds. The molecule has 2 fully saturated rings. The molecule has 0 radical (unpaired) electrons. The van der Waals surface area contributed by atoms with Crippen LogP contribution in [-0.2, 0) is 25.7 Å². The summed E-state index contributed by atoms with van der Waals surface area (Å²) in [5.74, 6) is -1.35. The van der Waals surface area contributed by atoms with E-state index in [1.54, 1.807) is 6.07 Å². The number of likely N-dealkylation sites (tertiary alicyclic amines) is 1. The van der Waals surface area contributed by atoms with Crippen LogP contribution in [0.4, 0.5) is 5.69 Å². The lowest BCUT2D eigenvalue weighted by Crippen LogP contribution is -2.33. The number of nitro benzene ring substituents is 1. The van der Waals surface area contributed by atoms with Gasteiger partial charge in [-0.25, -0.2) is 0 Å². The Labute approximate surface area is 150 Å². The second-order valence-corrected chi connectivity index (χ2v) is 6.66. The summed E-state index contributed by atoms with van der Waals surface area (Å²) in [5, 5.41) is 10.7. The number of carbonyl (C=O) groups excluding carboxylic acids is 3. The Morgan fingerprint density at radius 2 is 1.85 bits per heavy atom. The largest absolute Gasteiger partial charge is 0.461 e. The molecule has 1 aliphatic carbocycles. The molecular formula is C18H20N2O6. The maximum absolute atomic E-state index is 12.3. The molecule has 0 N–H and O–H groups in total. The Hall–Kier alpha value is -2.77. The highest BCUT2D eigenvalue weighted by Gasteiger charge is 2.47. The highest BCUT2D eigenvalue weighted by atomic mass is 16.6. The SMILES string of the molecule is O=C(CCN1C(=O)[C@H]2CCCC[C@H]2C1=O)OCc1cccc([N+](=O)[O-])c1. The van der Waals surface area contributed by atoms with Crippen LogP contribution in [0.2, 0.25) is 0 Å². The molecule has 0 bridgehead atoms. The van der Waals surface area contributed by atoms with Crippen molar-refractivity contribution in [2.75, 3.05) is 6.54 Å². The highest BCUT2D eigenvalue weighted by Crippen LogP contribution is 2.37. The van der Waals surface area contributed by atoms with Crippen molar-refractivity contribution in [3.8, 4) is 0 Å². The minimum Gasteiger partial charge on any atom is -0.461 e.